The Kier molecular flexibility index (Phi) is 6.32. The molecule has 0 aliphatic heterocycles. The van der Waals surface area contributed by atoms with Crippen LogP contribution in [-0.2, 0) is 29.5 Å². The van der Waals surface area contributed by atoms with Crippen molar-refractivity contribution in [3.05, 3.63) is 112 Å². The van der Waals surface area contributed by atoms with Crippen LogP contribution in [0, 0.1) is 6.92 Å². The van der Waals surface area contributed by atoms with Crippen molar-refractivity contribution in [1.29, 1.82) is 0 Å². The average molecular weight is 465 g/mol. The summed E-state index contributed by atoms with van der Waals surface area (Å²) in [4.78, 5) is 12.6. The first kappa shape index (κ1) is 22.3. The van der Waals surface area contributed by atoms with Crippen molar-refractivity contribution in [3.63, 3.8) is 0 Å². The van der Waals surface area contributed by atoms with E-state index in [1.165, 1.54) is 16.8 Å². The average Bonchev–Trinajstić information content (AvgIpc) is 3.07. The molecule has 0 atom stereocenters. The predicted octanol–water partition coefficient (Wildman–Crippen LogP) is 2.67. The van der Waals surface area contributed by atoms with Crippen LogP contribution in [0.2, 0.25) is 0 Å². The van der Waals surface area contributed by atoms with E-state index in [0.29, 0.717) is 24.2 Å². The van der Waals surface area contributed by atoms with Crippen LogP contribution < -0.4 is 15.7 Å². The SMILES string of the molecule is Cc1ccc(S(=O)(=O)Oc2ccccc2CCn2nc(Cc3ccccc3)n(N)c2=O)cc1. The molecule has 0 aliphatic rings. The molecular formula is C24H24N4O4S. The summed E-state index contributed by atoms with van der Waals surface area (Å²) >= 11 is 0. The second-order valence-corrected chi connectivity index (χ2v) is 9.21. The molecule has 0 fully saturated rings. The molecular weight excluding hydrogens is 440 g/mol. The minimum Gasteiger partial charge on any atom is -0.379 e. The van der Waals surface area contributed by atoms with E-state index in [2.05, 4.69) is 5.10 Å². The number of nitrogens with two attached hydrogens (primary N) is 1. The Morgan fingerprint density at radius 1 is 0.939 bits per heavy atom. The van der Waals surface area contributed by atoms with Crippen LogP contribution in [0.15, 0.2) is 88.6 Å². The molecule has 0 radical (unpaired) electrons. The first-order chi connectivity index (χ1) is 15.8. The summed E-state index contributed by atoms with van der Waals surface area (Å²) in [6, 6.07) is 22.9. The van der Waals surface area contributed by atoms with E-state index in [-0.39, 0.29) is 17.2 Å². The molecule has 33 heavy (non-hydrogen) atoms. The van der Waals surface area contributed by atoms with E-state index in [4.69, 9.17) is 10.0 Å². The fourth-order valence-corrected chi connectivity index (χ4v) is 4.36. The Balaban J connectivity index is 1.52. The molecule has 0 aliphatic carbocycles. The molecule has 4 aromatic rings. The van der Waals surface area contributed by atoms with Crippen LogP contribution in [0.3, 0.4) is 0 Å². The van der Waals surface area contributed by atoms with Gasteiger partial charge < -0.3 is 10.0 Å². The summed E-state index contributed by atoms with van der Waals surface area (Å²) in [5.41, 5.74) is 2.13. The van der Waals surface area contributed by atoms with Crippen molar-refractivity contribution in [2.24, 2.45) is 0 Å². The summed E-state index contributed by atoms with van der Waals surface area (Å²) in [6.45, 7) is 2.10. The summed E-state index contributed by atoms with van der Waals surface area (Å²) in [5.74, 6) is 6.58. The lowest BCUT2D eigenvalue weighted by molar-refractivity contribution is 0.480. The van der Waals surface area contributed by atoms with E-state index in [9.17, 15) is 13.2 Å². The Morgan fingerprint density at radius 3 is 2.33 bits per heavy atom. The van der Waals surface area contributed by atoms with E-state index in [1.54, 1.807) is 36.4 Å². The van der Waals surface area contributed by atoms with Gasteiger partial charge >= 0.3 is 15.8 Å². The number of nitrogens with zero attached hydrogens (tertiary/aromatic N) is 3. The van der Waals surface area contributed by atoms with Crippen LogP contribution in [0.5, 0.6) is 5.75 Å². The molecule has 9 heteroatoms. The van der Waals surface area contributed by atoms with Gasteiger partial charge in [0.2, 0.25) is 0 Å². The molecule has 1 aromatic heterocycles. The van der Waals surface area contributed by atoms with Crippen LogP contribution in [-0.4, -0.2) is 22.9 Å². The normalized spacial score (nSPS) is 11.4. The quantitative estimate of drug-likeness (QED) is 0.317. The van der Waals surface area contributed by atoms with E-state index < -0.39 is 15.8 Å². The van der Waals surface area contributed by atoms with Crippen molar-refractivity contribution >= 4 is 10.1 Å². The highest BCUT2D eigenvalue weighted by Crippen LogP contribution is 2.24. The number of aromatic nitrogens is 3. The fourth-order valence-electron chi connectivity index (χ4n) is 3.40. The smallest absolute Gasteiger partial charge is 0.364 e. The molecule has 8 nitrogen and oxygen atoms in total. The van der Waals surface area contributed by atoms with Gasteiger partial charge in [0.05, 0.1) is 6.54 Å². The van der Waals surface area contributed by atoms with Gasteiger partial charge in [-0.15, -0.1) is 0 Å². The van der Waals surface area contributed by atoms with Crippen molar-refractivity contribution in [2.45, 2.75) is 31.2 Å². The Bertz CT molecular complexity index is 1410. The van der Waals surface area contributed by atoms with Gasteiger partial charge in [-0.25, -0.2) is 9.48 Å². The molecule has 4 rings (SSSR count). The monoisotopic (exact) mass is 464 g/mol. The lowest BCUT2D eigenvalue weighted by atomic mass is 10.1. The second kappa shape index (κ2) is 9.33. The molecule has 0 unspecified atom stereocenters. The summed E-state index contributed by atoms with van der Waals surface area (Å²) in [5, 5.41) is 4.36. The molecule has 170 valence electrons. The Morgan fingerprint density at radius 2 is 1.61 bits per heavy atom. The molecule has 1 heterocycles. The lowest BCUT2D eigenvalue weighted by Gasteiger charge is -2.11. The van der Waals surface area contributed by atoms with Gasteiger partial charge in [-0.05, 0) is 42.7 Å². The Labute approximate surface area is 192 Å². The molecule has 3 aromatic carbocycles. The minimum absolute atomic E-state index is 0.0755. The summed E-state index contributed by atoms with van der Waals surface area (Å²) < 4.78 is 33.2. The number of nitrogen functional groups attached to an aromatic ring is 1. The number of aryl methyl sites for hydroxylation is 3. The zero-order valence-electron chi connectivity index (χ0n) is 18.1. The summed E-state index contributed by atoms with van der Waals surface area (Å²) in [6.07, 6.45) is 0.759. The van der Waals surface area contributed by atoms with E-state index in [0.717, 1.165) is 15.8 Å². The molecule has 0 spiro atoms. The van der Waals surface area contributed by atoms with Crippen molar-refractivity contribution in [3.8, 4) is 5.75 Å². The molecule has 0 saturated carbocycles. The van der Waals surface area contributed by atoms with Crippen LogP contribution in [0.1, 0.15) is 22.5 Å². The maximum Gasteiger partial charge on any atom is 0.364 e. The van der Waals surface area contributed by atoms with Gasteiger partial charge in [-0.1, -0.05) is 66.2 Å². The zero-order valence-corrected chi connectivity index (χ0v) is 18.9. The Hall–Kier alpha value is -3.85. The number of rotatable bonds is 8. The molecule has 0 amide bonds. The maximum absolute atomic E-state index is 12.7. The van der Waals surface area contributed by atoms with E-state index >= 15 is 0 Å². The van der Waals surface area contributed by atoms with Gasteiger partial charge in [0.25, 0.3) is 0 Å². The lowest BCUT2D eigenvalue weighted by Crippen LogP contribution is -2.31. The highest BCUT2D eigenvalue weighted by molar-refractivity contribution is 7.87. The summed E-state index contributed by atoms with van der Waals surface area (Å²) in [7, 11) is -3.99. The van der Waals surface area contributed by atoms with Gasteiger partial charge in [0, 0.05) is 6.42 Å². The number of benzene rings is 3. The minimum atomic E-state index is -3.99. The molecule has 0 bridgehead atoms. The van der Waals surface area contributed by atoms with Gasteiger partial charge in [-0.3, -0.25) is 0 Å². The molecule has 0 saturated heterocycles. The van der Waals surface area contributed by atoms with Crippen LogP contribution in [0.25, 0.3) is 0 Å². The van der Waals surface area contributed by atoms with E-state index in [1.807, 2.05) is 37.3 Å². The molecule has 2 N–H and O–H groups in total. The third kappa shape index (κ3) is 5.15. The first-order valence-electron chi connectivity index (χ1n) is 10.4. The van der Waals surface area contributed by atoms with Crippen molar-refractivity contribution in [1.82, 2.24) is 14.5 Å². The number of hydrogen-bond donors (Lipinski definition) is 1. The third-order valence-corrected chi connectivity index (χ3v) is 6.47. The zero-order chi connectivity index (χ0) is 23.4. The van der Waals surface area contributed by atoms with Crippen LogP contribution >= 0.6 is 0 Å². The van der Waals surface area contributed by atoms with Gasteiger partial charge in [0.1, 0.15) is 10.6 Å². The number of para-hydroxylation sites is 1. The predicted molar refractivity (Wildman–Crippen MR) is 125 cm³/mol. The topological polar surface area (TPSA) is 109 Å². The fraction of sp³-hybridized carbons (Fsp3) is 0.167. The highest BCUT2D eigenvalue weighted by atomic mass is 32.2. The third-order valence-electron chi connectivity index (χ3n) is 5.22. The largest absolute Gasteiger partial charge is 0.379 e. The van der Waals surface area contributed by atoms with Gasteiger partial charge in [0.15, 0.2) is 5.82 Å². The second-order valence-electron chi connectivity index (χ2n) is 7.66. The first-order valence-corrected chi connectivity index (χ1v) is 11.8. The van der Waals surface area contributed by atoms with Crippen LogP contribution in [0.4, 0.5) is 0 Å². The van der Waals surface area contributed by atoms with Gasteiger partial charge in [-0.2, -0.15) is 18.2 Å². The maximum atomic E-state index is 12.7. The van der Waals surface area contributed by atoms with Crippen molar-refractivity contribution in [2.75, 3.05) is 5.84 Å². The standard InChI is InChI=1S/C24H24N4O4S/c1-18-11-13-21(14-12-18)33(30,31)32-22-10-6-5-9-20(22)15-16-27-24(29)28(25)23(26-27)17-19-7-3-2-4-8-19/h2-14H,15-17,25H2,1H3. The number of hydrogen-bond acceptors (Lipinski definition) is 6. The highest BCUT2D eigenvalue weighted by Gasteiger charge is 2.19. The van der Waals surface area contributed by atoms with Crippen molar-refractivity contribution < 1.29 is 12.6 Å².